The molecule has 11 heteroatoms. The summed E-state index contributed by atoms with van der Waals surface area (Å²) >= 11 is 0. The zero-order valence-electron chi connectivity index (χ0n) is 24.8. The van der Waals surface area contributed by atoms with Gasteiger partial charge in [-0.2, -0.15) is 0 Å². The lowest BCUT2D eigenvalue weighted by atomic mass is 9.92. The summed E-state index contributed by atoms with van der Waals surface area (Å²) in [6.07, 6.45) is -5.36. The average Bonchev–Trinajstić information content (AvgIpc) is 3.05. The summed E-state index contributed by atoms with van der Waals surface area (Å²) in [6, 6.07) is 27.0. The van der Waals surface area contributed by atoms with E-state index in [0.29, 0.717) is 0 Å². The van der Waals surface area contributed by atoms with Crippen LogP contribution in [-0.2, 0) is 53.2 Å². The van der Waals surface area contributed by atoms with Crippen LogP contribution in [0.25, 0.3) is 0 Å². The zero-order valence-corrected chi connectivity index (χ0v) is 24.8. The van der Waals surface area contributed by atoms with E-state index in [4.69, 9.17) is 24.1 Å². The number of carboxylic acid groups (broad SMARTS) is 2. The first kappa shape index (κ1) is 33.8. The number of rotatable bonds is 17. The Hall–Kier alpha value is -4.13. The molecule has 0 saturated carbocycles. The van der Waals surface area contributed by atoms with E-state index in [0.717, 1.165) is 16.7 Å². The Labute approximate surface area is 261 Å². The van der Waals surface area contributed by atoms with Crippen LogP contribution in [0.1, 0.15) is 36.0 Å². The SMILES string of the molecule is O=C(O)CCC(NC(=O)CC1OC(CO)C(OCc2ccccc2)C(OCc2ccccc2)C1OCc1ccccc1)C(=O)O. The highest BCUT2D eigenvalue weighted by molar-refractivity contribution is 5.84. The fourth-order valence-electron chi connectivity index (χ4n) is 5.16. The minimum absolute atomic E-state index is 0.156. The first-order valence-corrected chi connectivity index (χ1v) is 14.8. The fraction of sp³-hybridized carbons (Fsp3) is 0.382. The van der Waals surface area contributed by atoms with E-state index in [2.05, 4.69) is 5.32 Å². The van der Waals surface area contributed by atoms with Crippen LogP contribution in [0.2, 0.25) is 0 Å². The Morgan fingerprint density at radius 2 is 1.13 bits per heavy atom. The van der Waals surface area contributed by atoms with Crippen LogP contribution < -0.4 is 5.32 Å². The van der Waals surface area contributed by atoms with Crippen LogP contribution in [0.5, 0.6) is 0 Å². The molecule has 0 spiro atoms. The van der Waals surface area contributed by atoms with Crippen LogP contribution in [0.3, 0.4) is 0 Å². The summed E-state index contributed by atoms with van der Waals surface area (Å²) in [6.45, 7) is 0.112. The van der Waals surface area contributed by atoms with E-state index in [9.17, 15) is 24.6 Å². The number of ether oxygens (including phenoxy) is 4. The number of amides is 1. The maximum Gasteiger partial charge on any atom is 0.326 e. The molecule has 0 aliphatic carbocycles. The summed E-state index contributed by atoms with van der Waals surface area (Å²) in [5, 5.41) is 31.4. The number of carboxylic acids is 2. The molecule has 3 aromatic rings. The van der Waals surface area contributed by atoms with Gasteiger partial charge in [-0.15, -0.1) is 0 Å². The van der Waals surface area contributed by atoms with Crippen molar-refractivity contribution in [3.05, 3.63) is 108 Å². The van der Waals surface area contributed by atoms with Gasteiger partial charge < -0.3 is 39.6 Å². The molecule has 1 saturated heterocycles. The molecule has 3 aromatic carbocycles. The smallest absolute Gasteiger partial charge is 0.326 e. The molecule has 45 heavy (non-hydrogen) atoms. The maximum atomic E-state index is 13.2. The molecule has 1 heterocycles. The van der Waals surface area contributed by atoms with Gasteiger partial charge in [-0.25, -0.2) is 4.79 Å². The van der Waals surface area contributed by atoms with E-state index in [-0.39, 0.29) is 32.7 Å². The summed E-state index contributed by atoms with van der Waals surface area (Å²) in [5.41, 5.74) is 2.67. The largest absolute Gasteiger partial charge is 0.481 e. The molecule has 1 fully saturated rings. The number of nitrogens with one attached hydrogen (secondary N) is 1. The molecular formula is C34H39NO10. The number of carbonyl (C=O) groups excluding carboxylic acids is 1. The number of aliphatic hydroxyl groups excluding tert-OH is 1. The van der Waals surface area contributed by atoms with Gasteiger partial charge >= 0.3 is 11.9 Å². The van der Waals surface area contributed by atoms with Crippen LogP contribution in [0.15, 0.2) is 91.0 Å². The van der Waals surface area contributed by atoms with Crippen molar-refractivity contribution in [2.45, 2.75) is 75.6 Å². The standard InChI is InChI=1S/C34H39NO10/c36-19-28-32(43-21-24-12-6-2-7-13-24)33(44-22-25-14-8-3-9-15-25)31(42-20-23-10-4-1-5-11-23)27(45-28)18-29(37)35-26(34(40)41)16-17-30(38)39/h1-15,26-28,31-33,36H,16-22H2,(H,35,37)(H,38,39)(H,40,41). The lowest BCUT2D eigenvalue weighted by molar-refractivity contribution is -0.270. The van der Waals surface area contributed by atoms with E-state index in [1.165, 1.54) is 0 Å². The Balaban J connectivity index is 1.61. The van der Waals surface area contributed by atoms with Crippen molar-refractivity contribution >= 4 is 17.8 Å². The quantitative estimate of drug-likeness (QED) is 0.176. The van der Waals surface area contributed by atoms with Gasteiger partial charge in [-0.1, -0.05) is 91.0 Å². The second kappa shape index (κ2) is 17.4. The Morgan fingerprint density at radius 1 is 0.689 bits per heavy atom. The predicted octanol–water partition coefficient (Wildman–Crippen LogP) is 3.33. The summed E-state index contributed by atoms with van der Waals surface area (Å²) in [4.78, 5) is 35.9. The maximum absolute atomic E-state index is 13.2. The summed E-state index contributed by atoms with van der Waals surface area (Å²) < 4.78 is 25.5. The molecule has 1 aliphatic rings. The van der Waals surface area contributed by atoms with Crippen molar-refractivity contribution in [3.8, 4) is 0 Å². The normalized spacial score (nSPS) is 21.9. The van der Waals surface area contributed by atoms with E-state index >= 15 is 0 Å². The highest BCUT2D eigenvalue weighted by atomic mass is 16.6. The van der Waals surface area contributed by atoms with Gasteiger partial charge in [0.15, 0.2) is 0 Å². The highest BCUT2D eigenvalue weighted by Crippen LogP contribution is 2.32. The molecule has 0 radical (unpaired) electrons. The summed E-state index contributed by atoms with van der Waals surface area (Å²) in [7, 11) is 0. The monoisotopic (exact) mass is 621 g/mol. The molecule has 11 nitrogen and oxygen atoms in total. The first-order valence-electron chi connectivity index (χ1n) is 14.8. The van der Waals surface area contributed by atoms with Crippen LogP contribution in [-0.4, -0.2) is 76.3 Å². The predicted molar refractivity (Wildman–Crippen MR) is 162 cm³/mol. The number of benzene rings is 3. The van der Waals surface area contributed by atoms with Gasteiger partial charge in [0.2, 0.25) is 5.91 Å². The highest BCUT2D eigenvalue weighted by Gasteiger charge is 2.48. The first-order chi connectivity index (χ1) is 21.8. The number of carbonyl (C=O) groups is 3. The van der Waals surface area contributed by atoms with Gasteiger partial charge in [0.25, 0.3) is 0 Å². The van der Waals surface area contributed by atoms with Crippen molar-refractivity contribution in [1.82, 2.24) is 5.32 Å². The van der Waals surface area contributed by atoms with E-state index in [1.54, 1.807) is 0 Å². The van der Waals surface area contributed by atoms with Crippen molar-refractivity contribution in [2.75, 3.05) is 6.61 Å². The third-order valence-electron chi connectivity index (χ3n) is 7.43. The molecule has 4 N–H and O–H groups in total. The molecule has 6 unspecified atom stereocenters. The Morgan fingerprint density at radius 3 is 1.56 bits per heavy atom. The van der Waals surface area contributed by atoms with Gasteiger partial charge in [-0.05, 0) is 23.1 Å². The second-order valence-corrected chi connectivity index (χ2v) is 10.8. The van der Waals surface area contributed by atoms with Crippen LogP contribution in [0.4, 0.5) is 0 Å². The summed E-state index contributed by atoms with van der Waals surface area (Å²) in [5.74, 6) is -3.20. The number of aliphatic carboxylic acids is 2. The van der Waals surface area contributed by atoms with E-state index in [1.807, 2.05) is 91.0 Å². The average molecular weight is 622 g/mol. The van der Waals surface area contributed by atoms with Crippen molar-refractivity contribution < 1.29 is 48.7 Å². The number of aliphatic hydroxyl groups is 1. The Bertz CT molecular complexity index is 1340. The molecular weight excluding hydrogens is 582 g/mol. The number of hydrogen-bond donors (Lipinski definition) is 4. The van der Waals surface area contributed by atoms with Crippen molar-refractivity contribution in [1.29, 1.82) is 0 Å². The van der Waals surface area contributed by atoms with Crippen molar-refractivity contribution in [3.63, 3.8) is 0 Å². The van der Waals surface area contributed by atoms with Gasteiger partial charge in [0.1, 0.15) is 30.5 Å². The lowest BCUT2D eigenvalue weighted by Crippen LogP contribution is -2.61. The Kier molecular flexibility index (Phi) is 13.0. The zero-order chi connectivity index (χ0) is 32.0. The van der Waals surface area contributed by atoms with Crippen LogP contribution >= 0.6 is 0 Å². The minimum Gasteiger partial charge on any atom is -0.481 e. The molecule has 4 rings (SSSR count). The number of hydrogen-bond acceptors (Lipinski definition) is 8. The van der Waals surface area contributed by atoms with Crippen molar-refractivity contribution in [2.24, 2.45) is 0 Å². The van der Waals surface area contributed by atoms with Gasteiger partial charge in [0, 0.05) is 6.42 Å². The topological polar surface area (TPSA) is 161 Å². The lowest BCUT2D eigenvalue weighted by Gasteiger charge is -2.46. The molecule has 1 amide bonds. The molecule has 0 bridgehead atoms. The molecule has 0 aromatic heterocycles. The third kappa shape index (κ3) is 10.5. The van der Waals surface area contributed by atoms with Crippen LogP contribution in [0, 0.1) is 0 Å². The van der Waals surface area contributed by atoms with Gasteiger partial charge in [-0.3, -0.25) is 9.59 Å². The molecule has 1 aliphatic heterocycles. The van der Waals surface area contributed by atoms with E-state index < -0.39 is 67.4 Å². The fourth-order valence-corrected chi connectivity index (χ4v) is 5.16. The second-order valence-electron chi connectivity index (χ2n) is 10.8. The molecule has 6 atom stereocenters. The third-order valence-corrected chi connectivity index (χ3v) is 7.43. The van der Waals surface area contributed by atoms with Gasteiger partial charge in [0.05, 0.1) is 39.0 Å². The minimum atomic E-state index is -1.40. The molecule has 240 valence electrons.